The molecule has 1 aromatic heterocycles. The number of nitrogens with zero attached hydrogens (tertiary/aromatic N) is 4. The maximum absolute atomic E-state index is 13.9. The lowest BCUT2D eigenvalue weighted by Crippen LogP contribution is -2.39. The summed E-state index contributed by atoms with van der Waals surface area (Å²) < 4.78 is 15.8. The molecule has 0 saturated carbocycles. The average molecular weight is 445 g/mol. The lowest BCUT2D eigenvalue weighted by molar-refractivity contribution is -0.131. The van der Waals surface area contributed by atoms with Gasteiger partial charge in [0, 0.05) is 25.8 Å². The highest BCUT2D eigenvalue weighted by molar-refractivity contribution is 5.84. The Morgan fingerprint density at radius 1 is 1.24 bits per heavy atom. The lowest BCUT2D eigenvalue weighted by Gasteiger charge is -2.25. The topological polar surface area (TPSA) is 94.2 Å². The Kier molecular flexibility index (Phi) is 5.56. The minimum Gasteiger partial charge on any atom is -0.508 e. The smallest absolute Gasteiger partial charge is 0.240 e. The fourth-order valence-corrected chi connectivity index (χ4v) is 4.90. The van der Waals surface area contributed by atoms with E-state index in [9.17, 15) is 14.3 Å². The monoisotopic (exact) mass is 445 g/mol. The third-order valence-corrected chi connectivity index (χ3v) is 6.63. The summed E-state index contributed by atoms with van der Waals surface area (Å²) in [5.41, 5.74) is 3.90. The van der Waals surface area contributed by atoms with Gasteiger partial charge in [-0.1, -0.05) is 12.1 Å². The van der Waals surface area contributed by atoms with E-state index in [-0.39, 0.29) is 29.3 Å². The lowest BCUT2D eigenvalue weighted by atomic mass is 10.1. The van der Waals surface area contributed by atoms with E-state index >= 15 is 0 Å². The first kappa shape index (κ1) is 21.2. The molecule has 168 valence electrons. The van der Waals surface area contributed by atoms with Crippen molar-refractivity contribution in [1.29, 1.82) is 5.26 Å². The van der Waals surface area contributed by atoms with Gasteiger partial charge in [0.2, 0.25) is 5.91 Å². The average Bonchev–Trinajstić information content (AvgIpc) is 3.51. The molecule has 7 nitrogen and oxygen atoms in total. The van der Waals surface area contributed by atoms with Crippen molar-refractivity contribution in [2.45, 2.75) is 44.4 Å². The van der Waals surface area contributed by atoms with Crippen LogP contribution in [0.2, 0.25) is 0 Å². The molecule has 2 aromatic carbocycles. The molecule has 2 N–H and O–H groups in total. The first-order valence-corrected chi connectivity index (χ1v) is 11.1. The number of nitriles is 1. The first-order chi connectivity index (χ1) is 16.0. The molecule has 5 rings (SSSR count). The highest BCUT2D eigenvalue weighted by Crippen LogP contribution is 2.39. The molecule has 0 radical (unpaired) electrons. The predicted molar refractivity (Wildman–Crippen MR) is 119 cm³/mol. The van der Waals surface area contributed by atoms with Crippen molar-refractivity contribution < 1.29 is 14.3 Å². The van der Waals surface area contributed by atoms with Crippen molar-refractivity contribution in [3.05, 3.63) is 82.7 Å². The SMILES string of the molecule is N#Cc1ccc(Cn2cncc2CNC2CCN(C3CCc4ccc(O)cc43)C2=O)cc1F. The number of nitrogens with one attached hydrogen (secondary N) is 1. The van der Waals surface area contributed by atoms with Crippen LogP contribution in [0.3, 0.4) is 0 Å². The minimum atomic E-state index is -0.534. The Labute approximate surface area is 191 Å². The third-order valence-electron chi connectivity index (χ3n) is 6.63. The molecule has 1 aliphatic carbocycles. The number of likely N-dealkylation sites (tertiary alicyclic amines) is 1. The number of aromatic nitrogens is 2. The van der Waals surface area contributed by atoms with Crippen molar-refractivity contribution >= 4 is 5.91 Å². The molecule has 1 fully saturated rings. The number of halogens is 1. The third kappa shape index (κ3) is 4.08. The number of phenols is 1. The highest BCUT2D eigenvalue weighted by atomic mass is 19.1. The van der Waals surface area contributed by atoms with Crippen molar-refractivity contribution in [1.82, 2.24) is 19.8 Å². The van der Waals surface area contributed by atoms with Crippen molar-refractivity contribution in [2.75, 3.05) is 6.54 Å². The van der Waals surface area contributed by atoms with Crippen LogP contribution in [0.4, 0.5) is 4.39 Å². The van der Waals surface area contributed by atoms with Crippen molar-refractivity contribution in [3.8, 4) is 11.8 Å². The molecular formula is C25H24FN5O2. The van der Waals surface area contributed by atoms with Crippen LogP contribution in [-0.2, 0) is 24.3 Å². The molecule has 1 aliphatic heterocycles. The van der Waals surface area contributed by atoms with Gasteiger partial charge in [0.15, 0.2) is 0 Å². The Morgan fingerprint density at radius 2 is 2.12 bits per heavy atom. The van der Waals surface area contributed by atoms with Crippen LogP contribution in [0.1, 0.15) is 46.8 Å². The Hall–Kier alpha value is -3.70. The van der Waals surface area contributed by atoms with Gasteiger partial charge in [-0.05, 0) is 60.2 Å². The number of hydrogen-bond donors (Lipinski definition) is 2. The summed E-state index contributed by atoms with van der Waals surface area (Å²) in [4.78, 5) is 19.3. The fourth-order valence-electron chi connectivity index (χ4n) is 4.90. The van der Waals surface area contributed by atoms with Crippen LogP contribution in [-0.4, -0.2) is 38.1 Å². The molecule has 33 heavy (non-hydrogen) atoms. The number of amides is 1. The number of hydrogen-bond acceptors (Lipinski definition) is 5. The minimum absolute atomic E-state index is 0.0169. The van der Waals surface area contributed by atoms with Gasteiger partial charge in [-0.2, -0.15) is 5.26 Å². The van der Waals surface area contributed by atoms with Gasteiger partial charge < -0.3 is 19.9 Å². The van der Waals surface area contributed by atoms with Crippen molar-refractivity contribution in [2.24, 2.45) is 0 Å². The molecule has 1 saturated heterocycles. The van der Waals surface area contributed by atoms with E-state index in [1.54, 1.807) is 30.7 Å². The zero-order valence-electron chi connectivity index (χ0n) is 18.0. The quantitative estimate of drug-likeness (QED) is 0.608. The molecular weight excluding hydrogens is 421 g/mol. The summed E-state index contributed by atoms with van der Waals surface area (Å²) in [5, 5.41) is 22.1. The summed E-state index contributed by atoms with van der Waals surface area (Å²) in [6.07, 6.45) is 5.93. The number of aryl methyl sites for hydroxylation is 1. The van der Waals surface area contributed by atoms with E-state index in [2.05, 4.69) is 10.3 Å². The summed E-state index contributed by atoms with van der Waals surface area (Å²) in [6.45, 7) is 1.57. The van der Waals surface area contributed by atoms with E-state index in [4.69, 9.17) is 5.26 Å². The molecule has 2 unspecified atom stereocenters. The number of imidazole rings is 1. The zero-order chi connectivity index (χ0) is 22.9. The molecule has 0 bridgehead atoms. The highest BCUT2D eigenvalue weighted by Gasteiger charge is 2.38. The first-order valence-electron chi connectivity index (χ1n) is 11.1. The molecule has 1 amide bonds. The summed E-state index contributed by atoms with van der Waals surface area (Å²) in [5.74, 6) is -0.220. The molecule has 2 atom stereocenters. The van der Waals surface area contributed by atoms with Crippen LogP contribution < -0.4 is 5.32 Å². The molecule has 0 spiro atoms. The van der Waals surface area contributed by atoms with E-state index in [1.165, 1.54) is 17.7 Å². The van der Waals surface area contributed by atoms with Crippen molar-refractivity contribution in [3.63, 3.8) is 0 Å². The zero-order valence-corrected chi connectivity index (χ0v) is 18.0. The number of carbonyl (C=O) groups is 1. The van der Waals surface area contributed by atoms with Gasteiger partial charge in [0.1, 0.15) is 17.6 Å². The molecule has 8 heteroatoms. The van der Waals surface area contributed by atoms with Gasteiger partial charge in [-0.25, -0.2) is 9.37 Å². The number of fused-ring (bicyclic) bond motifs is 1. The van der Waals surface area contributed by atoms with E-state index in [0.29, 0.717) is 19.6 Å². The number of benzene rings is 2. The number of aromatic hydroxyl groups is 1. The Bertz CT molecular complexity index is 1250. The fraction of sp³-hybridized carbons (Fsp3) is 0.320. The van der Waals surface area contributed by atoms with Crippen LogP contribution in [0.5, 0.6) is 5.75 Å². The maximum atomic E-state index is 13.9. The number of rotatable bonds is 6. The standard InChI is InChI=1S/C25H24FN5O2/c26-22-9-16(1-2-18(22)11-27)14-30-15-28-12-19(30)13-29-23-7-8-31(25(23)33)24-6-4-17-3-5-20(32)10-21(17)24/h1-3,5,9-10,12,15,23-24,29,32H,4,6-8,13-14H2. The summed E-state index contributed by atoms with van der Waals surface area (Å²) >= 11 is 0. The van der Waals surface area contributed by atoms with Crippen LogP contribution in [0, 0.1) is 17.1 Å². The maximum Gasteiger partial charge on any atom is 0.240 e. The number of carbonyl (C=O) groups excluding carboxylic acids is 1. The van der Waals surface area contributed by atoms with Gasteiger partial charge >= 0.3 is 0 Å². The van der Waals surface area contributed by atoms with Gasteiger partial charge in [0.05, 0.1) is 29.7 Å². The second-order valence-electron chi connectivity index (χ2n) is 8.63. The van der Waals surface area contributed by atoms with E-state index in [1.807, 2.05) is 21.6 Å². The van der Waals surface area contributed by atoms with E-state index < -0.39 is 5.82 Å². The van der Waals surface area contributed by atoms with Gasteiger partial charge in [0.25, 0.3) is 0 Å². The van der Waals surface area contributed by atoms with E-state index in [0.717, 1.165) is 36.1 Å². The summed E-state index contributed by atoms with van der Waals surface area (Å²) in [6, 6.07) is 11.6. The largest absolute Gasteiger partial charge is 0.508 e. The van der Waals surface area contributed by atoms with Crippen LogP contribution in [0.15, 0.2) is 48.9 Å². The van der Waals surface area contributed by atoms with Crippen LogP contribution >= 0.6 is 0 Å². The molecule has 2 aliphatic rings. The summed E-state index contributed by atoms with van der Waals surface area (Å²) in [7, 11) is 0. The molecule has 3 aromatic rings. The second kappa shape index (κ2) is 8.68. The second-order valence-corrected chi connectivity index (χ2v) is 8.63. The number of phenolic OH excluding ortho intramolecular Hbond substituents is 1. The Morgan fingerprint density at radius 3 is 2.94 bits per heavy atom. The normalized spacial score (nSPS) is 19.6. The van der Waals surface area contributed by atoms with Gasteiger partial charge in [-0.15, -0.1) is 0 Å². The van der Waals surface area contributed by atoms with Crippen LogP contribution in [0.25, 0.3) is 0 Å². The van der Waals surface area contributed by atoms with Gasteiger partial charge in [-0.3, -0.25) is 4.79 Å². The predicted octanol–water partition coefficient (Wildman–Crippen LogP) is 3.03. The Balaban J connectivity index is 1.23. The molecule has 2 heterocycles.